The molecule has 14 heavy (non-hydrogen) atoms. The van der Waals surface area contributed by atoms with Gasteiger partial charge in [-0.25, -0.2) is 5.01 Å². The molecule has 4 heteroatoms. The van der Waals surface area contributed by atoms with Crippen LogP contribution >= 0.6 is 0 Å². The first kappa shape index (κ1) is 10.4. The van der Waals surface area contributed by atoms with Crippen LogP contribution in [0.5, 0.6) is 0 Å². The average molecular weight is 190 g/mol. The van der Waals surface area contributed by atoms with Gasteiger partial charge in [0.25, 0.3) is 0 Å². The first-order chi connectivity index (χ1) is 6.63. The van der Waals surface area contributed by atoms with Crippen molar-refractivity contribution in [3.8, 4) is 6.07 Å². The predicted molar refractivity (Wildman–Crippen MR) is 57.5 cm³/mol. The zero-order chi connectivity index (χ0) is 10.6. The lowest BCUT2D eigenvalue weighted by Gasteiger charge is -2.14. The summed E-state index contributed by atoms with van der Waals surface area (Å²) < 4.78 is 0. The molecule has 0 atom stereocenters. The number of nitriles is 1. The monoisotopic (exact) mass is 190 g/mol. The Kier molecular flexibility index (Phi) is 3.32. The maximum Gasteiger partial charge on any atom is 0.0670 e. The Hall–Kier alpha value is -1.73. The van der Waals surface area contributed by atoms with E-state index in [2.05, 4.69) is 11.5 Å². The molecule has 1 rings (SSSR count). The average Bonchev–Trinajstić information content (AvgIpc) is 2.10. The molecule has 74 valence electrons. The molecule has 0 saturated carbocycles. The van der Waals surface area contributed by atoms with Gasteiger partial charge in [-0.3, -0.25) is 0 Å². The fourth-order valence-electron chi connectivity index (χ4n) is 1.17. The van der Waals surface area contributed by atoms with Crippen molar-refractivity contribution in [3.63, 3.8) is 0 Å². The van der Waals surface area contributed by atoms with Crippen LogP contribution in [0.1, 0.15) is 5.56 Å². The molecule has 0 aliphatic heterocycles. The topological polar surface area (TPSA) is 65.1 Å². The summed E-state index contributed by atoms with van der Waals surface area (Å²) in [6.07, 6.45) is 0.342. The van der Waals surface area contributed by atoms with Gasteiger partial charge in [-0.05, 0) is 23.8 Å². The largest absolute Gasteiger partial charge is 0.398 e. The molecule has 1 aromatic carbocycles. The van der Waals surface area contributed by atoms with E-state index < -0.39 is 0 Å². The quantitative estimate of drug-likeness (QED) is 0.555. The summed E-state index contributed by atoms with van der Waals surface area (Å²) in [5.74, 6) is 0. The summed E-state index contributed by atoms with van der Waals surface area (Å²) in [5, 5.41) is 10.4. The van der Waals surface area contributed by atoms with E-state index in [0.717, 1.165) is 11.3 Å². The third-order valence-corrected chi connectivity index (χ3v) is 1.77. The van der Waals surface area contributed by atoms with Crippen molar-refractivity contribution in [3.05, 3.63) is 23.8 Å². The standard InChI is InChI=1S/C10H14N4/c1-14(2)13-9-3-4-10(12)8(7-9)5-6-11/h3-4,7,13H,5,12H2,1-2H3. The third-order valence-electron chi connectivity index (χ3n) is 1.77. The fourth-order valence-corrected chi connectivity index (χ4v) is 1.17. The third kappa shape index (κ3) is 2.64. The predicted octanol–water partition coefficient (Wildman–Crippen LogP) is 1.22. The minimum atomic E-state index is 0.342. The Morgan fingerprint density at radius 3 is 2.79 bits per heavy atom. The Morgan fingerprint density at radius 1 is 1.50 bits per heavy atom. The minimum Gasteiger partial charge on any atom is -0.398 e. The zero-order valence-corrected chi connectivity index (χ0v) is 8.41. The number of nitrogens with one attached hydrogen (secondary N) is 1. The molecular weight excluding hydrogens is 176 g/mol. The van der Waals surface area contributed by atoms with Crippen molar-refractivity contribution in [2.24, 2.45) is 0 Å². The van der Waals surface area contributed by atoms with E-state index in [4.69, 9.17) is 11.0 Å². The highest BCUT2D eigenvalue weighted by Gasteiger charge is 2.00. The van der Waals surface area contributed by atoms with Gasteiger partial charge in [-0.2, -0.15) is 5.26 Å². The summed E-state index contributed by atoms with van der Waals surface area (Å²) in [5.41, 5.74) is 11.3. The summed E-state index contributed by atoms with van der Waals surface area (Å²) in [6, 6.07) is 7.66. The molecule has 0 radical (unpaired) electrons. The lowest BCUT2D eigenvalue weighted by molar-refractivity contribution is 0.495. The molecule has 0 aliphatic carbocycles. The number of benzene rings is 1. The molecule has 4 nitrogen and oxygen atoms in total. The second kappa shape index (κ2) is 4.49. The number of hydrogen-bond acceptors (Lipinski definition) is 4. The lowest BCUT2D eigenvalue weighted by Crippen LogP contribution is -2.19. The summed E-state index contributed by atoms with van der Waals surface area (Å²) in [4.78, 5) is 0. The highest BCUT2D eigenvalue weighted by Crippen LogP contribution is 2.18. The first-order valence-electron chi connectivity index (χ1n) is 4.33. The van der Waals surface area contributed by atoms with Crippen LogP contribution in [0.4, 0.5) is 11.4 Å². The Balaban J connectivity index is 2.89. The summed E-state index contributed by atoms with van der Waals surface area (Å²) >= 11 is 0. The second-order valence-electron chi connectivity index (χ2n) is 3.25. The van der Waals surface area contributed by atoms with Crippen molar-refractivity contribution in [1.82, 2.24) is 5.01 Å². The van der Waals surface area contributed by atoms with Crippen LogP contribution in [0.25, 0.3) is 0 Å². The number of rotatable bonds is 3. The van der Waals surface area contributed by atoms with Crippen molar-refractivity contribution in [2.75, 3.05) is 25.3 Å². The van der Waals surface area contributed by atoms with Gasteiger partial charge in [0.05, 0.1) is 12.5 Å². The van der Waals surface area contributed by atoms with E-state index in [0.29, 0.717) is 12.1 Å². The van der Waals surface area contributed by atoms with Crippen LogP contribution in [0.2, 0.25) is 0 Å². The van der Waals surface area contributed by atoms with E-state index in [1.54, 1.807) is 6.07 Å². The number of hydrazine groups is 1. The van der Waals surface area contributed by atoms with Gasteiger partial charge in [-0.15, -0.1) is 0 Å². The van der Waals surface area contributed by atoms with Crippen molar-refractivity contribution in [1.29, 1.82) is 5.26 Å². The van der Waals surface area contributed by atoms with Gasteiger partial charge in [0.15, 0.2) is 0 Å². The van der Waals surface area contributed by atoms with Crippen LogP contribution in [0.3, 0.4) is 0 Å². The molecule has 0 aromatic heterocycles. The number of nitrogens with zero attached hydrogens (tertiary/aromatic N) is 2. The van der Waals surface area contributed by atoms with E-state index in [-0.39, 0.29) is 0 Å². The lowest BCUT2D eigenvalue weighted by atomic mass is 10.1. The molecule has 0 saturated heterocycles. The van der Waals surface area contributed by atoms with Gasteiger partial charge in [-0.1, -0.05) is 0 Å². The molecule has 1 aromatic rings. The van der Waals surface area contributed by atoms with Gasteiger partial charge in [0.1, 0.15) is 0 Å². The Bertz CT molecular complexity index is 352. The normalized spacial score (nSPS) is 9.86. The summed E-state index contributed by atoms with van der Waals surface area (Å²) in [6.45, 7) is 0. The number of hydrogen-bond donors (Lipinski definition) is 2. The minimum absolute atomic E-state index is 0.342. The van der Waals surface area contributed by atoms with Crippen molar-refractivity contribution < 1.29 is 0 Å². The van der Waals surface area contributed by atoms with Gasteiger partial charge >= 0.3 is 0 Å². The van der Waals surface area contributed by atoms with Crippen molar-refractivity contribution >= 4 is 11.4 Å². The maximum atomic E-state index is 8.58. The van der Waals surface area contributed by atoms with Crippen LogP contribution < -0.4 is 11.2 Å². The van der Waals surface area contributed by atoms with Gasteiger partial charge < -0.3 is 11.2 Å². The first-order valence-corrected chi connectivity index (χ1v) is 4.33. The number of nitrogen functional groups attached to an aromatic ring is 1. The molecule has 0 amide bonds. The van der Waals surface area contributed by atoms with E-state index >= 15 is 0 Å². The maximum absolute atomic E-state index is 8.58. The Labute approximate surface area is 83.9 Å². The zero-order valence-electron chi connectivity index (χ0n) is 8.41. The molecule has 0 aliphatic rings. The molecule has 0 spiro atoms. The van der Waals surface area contributed by atoms with E-state index in [9.17, 15) is 0 Å². The molecule has 0 fully saturated rings. The highest BCUT2D eigenvalue weighted by molar-refractivity contribution is 5.57. The van der Waals surface area contributed by atoms with Gasteiger partial charge in [0, 0.05) is 25.5 Å². The van der Waals surface area contributed by atoms with Crippen LogP contribution in [0.15, 0.2) is 18.2 Å². The van der Waals surface area contributed by atoms with Crippen molar-refractivity contribution in [2.45, 2.75) is 6.42 Å². The van der Waals surface area contributed by atoms with E-state index in [1.165, 1.54) is 0 Å². The van der Waals surface area contributed by atoms with Gasteiger partial charge in [0.2, 0.25) is 0 Å². The van der Waals surface area contributed by atoms with Crippen LogP contribution in [-0.2, 0) is 6.42 Å². The van der Waals surface area contributed by atoms with Crippen LogP contribution in [0, 0.1) is 11.3 Å². The molecule has 0 heterocycles. The number of anilines is 2. The molecule has 0 unspecified atom stereocenters. The molecular formula is C10H14N4. The fraction of sp³-hybridized carbons (Fsp3) is 0.300. The number of nitrogens with two attached hydrogens (primary N) is 1. The SMILES string of the molecule is CN(C)Nc1ccc(N)c(CC#N)c1. The highest BCUT2D eigenvalue weighted by atomic mass is 15.5. The van der Waals surface area contributed by atoms with E-state index in [1.807, 2.05) is 31.2 Å². The Morgan fingerprint density at radius 2 is 2.21 bits per heavy atom. The van der Waals surface area contributed by atoms with Crippen LogP contribution in [-0.4, -0.2) is 19.1 Å². The second-order valence-corrected chi connectivity index (χ2v) is 3.25. The molecule has 3 N–H and O–H groups in total. The smallest absolute Gasteiger partial charge is 0.0670 e. The summed E-state index contributed by atoms with van der Waals surface area (Å²) in [7, 11) is 3.81. The molecule has 0 bridgehead atoms.